The molecule has 6 nitrogen and oxygen atoms in total. The van der Waals surface area contributed by atoms with Gasteiger partial charge in [0.25, 0.3) is 0 Å². The van der Waals surface area contributed by atoms with Crippen LogP contribution >= 0.6 is 23.2 Å². The number of anilines is 4. The van der Waals surface area contributed by atoms with E-state index in [2.05, 4.69) is 25.8 Å². The predicted octanol–water partition coefficient (Wildman–Crippen LogP) is 4.98. The Morgan fingerprint density at radius 3 is 2.64 bits per heavy atom. The van der Waals surface area contributed by atoms with Gasteiger partial charge in [0.1, 0.15) is 5.75 Å². The number of hydrogen-bond acceptors (Lipinski definition) is 6. The fraction of sp³-hybridized carbons (Fsp3) is 0.118. The van der Waals surface area contributed by atoms with Crippen molar-refractivity contribution in [3.63, 3.8) is 0 Å². The fourth-order valence-electron chi connectivity index (χ4n) is 2.19. The molecule has 0 atom stereocenters. The molecular formula is C17H15Cl2N5O. The van der Waals surface area contributed by atoms with Gasteiger partial charge < -0.3 is 15.4 Å². The third-order valence-electron chi connectivity index (χ3n) is 3.35. The van der Waals surface area contributed by atoms with Gasteiger partial charge in [-0.05, 0) is 42.8 Å². The molecule has 0 radical (unpaired) electrons. The monoisotopic (exact) mass is 375 g/mol. The molecule has 3 rings (SSSR count). The highest BCUT2D eigenvalue weighted by atomic mass is 35.5. The number of benzene rings is 2. The van der Waals surface area contributed by atoms with Gasteiger partial charge in [-0.2, -0.15) is 10.1 Å². The number of methoxy groups -OCH3 is 1. The molecule has 0 aliphatic heterocycles. The van der Waals surface area contributed by atoms with Gasteiger partial charge in [0.05, 0.1) is 29.7 Å². The van der Waals surface area contributed by atoms with Crippen LogP contribution in [0.15, 0.2) is 42.6 Å². The van der Waals surface area contributed by atoms with Gasteiger partial charge in [-0.25, -0.2) is 0 Å². The lowest BCUT2D eigenvalue weighted by Gasteiger charge is -2.12. The first-order valence-electron chi connectivity index (χ1n) is 7.38. The molecule has 0 aliphatic rings. The Hall–Kier alpha value is -2.57. The largest absolute Gasteiger partial charge is 0.495 e. The molecule has 0 amide bonds. The maximum Gasteiger partial charge on any atom is 0.249 e. The number of ether oxygens (including phenoxy) is 1. The maximum absolute atomic E-state index is 6.16. The predicted molar refractivity (Wildman–Crippen MR) is 101 cm³/mol. The van der Waals surface area contributed by atoms with E-state index in [1.165, 1.54) is 6.20 Å². The van der Waals surface area contributed by atoms with Crippen molar-refractivity contribution in [1.82, 2.24) is 15.2 Å². The molecule has 2 N–H and O–H groups in total. The second-order valence-electron chi connectivity index (χ2n) is 5.24. The number of halogens is 2. The molecule has 25 heavy (non-hydrogen) atoms. The Morgan fingerprint density at radius 1 is 1.00 bits per heavy atom. The fourth-order valence-corrected chi connectivity index (χ4v) is 2.52. The topological polar surface area (TPSA) is 72.0 Å². The first-order valence-corrected chi connectivity index (χ1v) is 8.14. The summed E-state index contributed by atoms with van der Waals surface area (Å²) in [6.45, 7) is 1.99. The van der Waals surface area contributed by atoms with E-state index < -0.39 is 0 Å². The van der Waals surface area contributed by atoms with Gasteiger partial charge in [0.2, 0.25) is 5.95 Å². The van der Waals surface area contributed by atoms with E-state index in [-0.39, 0.29) is 0 Å². The van der Waals surface area contributed by atoms with E-state index in [0.717, 1.165) is 11.3 Å². The molecule has 0 unspecified atom stereocenters. The van der Waals surface area contributed by atoms with E-state index in [0.29, 0.717) is 33.2 Å². The van der Waals surface area contributed by atoms with Gasteiger partial charge in [0, 0.05) is 5.02 Å². The average molecular weight is 376 g/mol. The highest BCUT2D eigenvalue weighted by molar-refractivity contribution is 6.35. The minimum absolute atomic E-state index is 0.326. The number of aromatic nitrogens is 3. The molecule has 0 fully saturated rings. The van der Waals surface area contributed by atoms with Crippen molar-refractivity contribution < 1.29 is 4.74 Å². The van der Waals surface area contributed by atoms with Crippen LogP contribution in [0.2, 0.25) is 10.0 Å². The summed E-state index contributed by atoms with van der Waals surface area (Å²) in [5.74, 6) is 1.49. The van der Waals surface area contributed by atoms with Crippen molar-refractivity contribution in [2.24, 2.45) is 0 Å². The van der Waals surface area contributed by atoms with Gasteiger partial charge in [-0.3, -0.25) is 0 Å². The zero-order valence-corrected chi connectivity index (χ0v) is 15.1. The van der Waals surface area contributed by atoms with Gasteiger partial charge >= 0.3 is 0 Å². The zero-order chi connectivity index (χ0) is 17.8. The third kappa shape index (κ3) is 4.29. The number of rotatable bonds is 5. The van der Waals surface area contributed by atoms with Crippen molar-refractivity contribution in [3.8, 4) is 5.75 Å². The van der Waals surface area contributed by atoms with Gasteiger partial charge in [0.15, 0.2) is 5.82 Å². The van der Waals surface area contributed by atoms with Crippen LogP contribution in [0.1, 0.15) is 5.56 Å². The lowest BCUT2D eigenvalue weighted by molar-refractivity contribution is 0.416. The Morgan fingerprint density at radius 2 is 1.84 bits per heavy atom. The van der Waals surface area contributed by atoms with E-state index in [4.69, 9.17) is 27.9 Å². The van der Waals surface area contributed by atoms with Gasteiger partial charge in [-0.1, -0.05) is 29.3 Å². The summed E-state index contributed by atoms with van der Waals surface area (Å²) in [4.78, 5) is 4.39. The second-order valence-corrected chi connectivity index (χ2v) is 6.09. The third-order valence-corrected chi connectivity index (χ3v) is 3.92. The maximum atomic E-state index is 6.16. The number of nitrogens with one attached hydrogen (secondary N) is 2. The van der Waals surface area contributed by atoms with Crippen molar-refractivity contribution in [3.05, 3.63) is 58.2 Å². The zero-order valence-electron chi connectivity index (χ0n) is 13.5. The normalized spacial score (nSPS) is 10.4. The van der Waals surface area contributed by atoms with Crippen molar-refractivity contribution in [2.45, 2.75) is 6.92 Å². The minimum atomic E-state index is 0.326. The Kier molecular flexibility index (Phi) is 5.21. The minimum Gasteiger partial charge on any atom is -0.495 e. The number of aryl methyl sites for hydroxylation is 1. The molecular weight excluding hydrogens is 361 g/mol. The summed E-state index contributed by atoms with van der Waals surface area (Å²) in [6, 6.07) is 10.9. The first kappa shape index (κ1) is 17.3. The van der Waals surface area contributed by atoms with Crippen molar-refractivity contribution >= 4 is 46.3 Å². The van der Waals surface area contributed by atoms with Crippen LogP contribution < -0.4 is 15.4 Å². The molecule has 8 heteroatoms. The quantitative estimate of drug-likeness (QED) is 0.654. The van der Waals surface area contributed by atoms with Crippen LogP contribution in [0.25, 0.3) is 0 Å². The lowest BCUT2D eigenvalue weighted by atomic mass is 10.2. The van der Waals surface area contributed by atoms with Crippen LogP contribution in [0.4, 0.5) is 23.1 Å². The highest BCUT2D eigenvalue weighted by Crippen LogP contribution is 2.29. The number of hydrogen-bond donors (Lipinski definition) is 2. The summed E-state index contributed by atoms with van der Waals surface area (Å²) < 4.78 is 5.34. The summed E-state index contributed by atoms with van der Waals surface area (Å²) >= 11 is 12.2. The molecule has 0 saturated carbocycles. The smallest absolute Gasteiger partial charge is 0.249 e. The second kappa shape index (κ2) is 7.55. The molecule has 0 aliphatic carbocycles. The van der Waals surface area contributed by atoms with Crippen LogP contribution in [-0.2, 0) is 0 Å². The SMILES string of the molecule is COc1ccc(C)cc1Nc1nncc(Nc2cc(Cl)ccc2Cl)n1. The Labute approximate surface area is 155 Å². The van der Waals surface area contributed by atoms with Crippen molar-refractivity contribution in [2.75, 3.05) is 17.7 Å². The van der Waals surface area contributed by atoms with E-state index >= 15 is 0 Å². The summed E-state index contributed by atoms with van der Waals surface area (Å²) in [5.41, 5.74) is 2.47. The molecule has 0 bridgehead atoms. The van der Waals surface area contributed by atoms with Crippen LogP contribution in [-0.4, -0.2) is 22.3 Å². The molecule has 0 spiro atoms. The standard InChI is InChI=1S/C17H15Cl2N5O/c1-10-3-6-15(25-2)14(7-10)22-17-23-16(9-20-24-17)21-13-8-11(18)4-5-12(13)19/h3-9H,1-2H3,(H2,21,22,23,24). The molecule has 1 aromatic heterocycles. The Bertz CT molecular complexity index is 904. The molecule has 1 heterocycles. The number of nitrogens with zero attached hydrogens (tertiary/aromatic N) is 3. The first-order chi connectivity index (χ1) is 12.0. The summed E-state index contributed by atoms with van der Waals surface area (Å²) in [5, 5.41) is 15.2. The van der Waals surface area contributed by atoms with Crippen LogP contribution in [0, 0.1) is 6.92 Å². The Balaban J connectivity index is 1.85. The molecule has 128 valence electrons. The summed E-state index contributed by atoms with van der Waals surface area (Å²) in [7, 11) is 1.61. The van der Waals surface area contributed by atoms with Gasteiger partial charge in [-0.15, -0.1) is 5.10 Å². The lowest BCUT2D eigenvalue weighted by Crippen LogP contribution is -2.03. The summed E-state index contributed by atoms with van der Waals surface area (Å²) in [6.07, 6.45) is 1.50. The highest BCUT2D eigenvalue weighted by Gasteiger charge is 2.08. The van der Waals surface area contributed by atoms with E-state index in [1.807, 2.05) is 25.1 Å². The van der Waals surface area contributed by atoms with E-state index in [1.54, 1.807) is 25.3 Å². The van der Waals surface area contributed by atoms with Crippen LogP contribution in [0.3, 0.4) is 0 Å². The molecule has 0 saturated heterocycles. The van der Waals surface area contributed by atoms with Crippen molar-refractivity contribution in [1.29, 1.82) is 0 Å². The van der Waals surface area contributed by atoms with Crippen LogP contribution in [0.5, 0.6) is 5.75 Å². The molecule has 2 aromatic carbocycles. The average Bonchev–Trinajstić information content (AvgIpc) is 2.59. The van der Waals surface area contributed by atoms with E-state index in [9.17, 15) is 0 Å². The molecule has 3 aromatic rings.